The Hall–Kier alpha value is -0.880. The van der Waals surface area contributed by atoms with Crippen LogP contribution in [0.5, 0.6) is 0 Å². The Bertz CT molecular complexity index is 626. The van der Waals surface area contributed by atoms with Crippen LogP contribution in [-0.4, -0.2) is 43.3 Å². The molecule has 6 heteroatoms. The van der Waals surface area contributed by atoms with Crippen molar-refractivity contribution in [3.05, 3.63) is 21.9 Å². The van der Waals surface area contributed by atoms with E-state index in [-0.39, 0.29) is 22.8 Å². The van der Waals surface area contributed by atoms with Gasteiger partial charge in [-0.05, 0) is 49.1 Å². The van der Waals surface area contributed by atoms with Gasteiger partial charge in [-0.2, -0.15) is 0 Å². The Morgan fingerprint density at radius 3 is 2.52 bits per heavy atom. The van der Waals surface area contributed by atoms with Gasteiger partial charge in [0.15, 0.2) is 9.84 Å². The molecule has 130 valence electrons. The van der Waals surface area contributed by atoms with Crippen LogP contribution in [0.25, 0.3) is 0 Å². The highest BCUT2D eigenvalue weighted by Gasteiger charge is 2.31. The smallest absolute Gasteiger partial charge is 0.222 e. The Morgan fingerprint density at radius 2 is 2.00 bits per heavy atom. The lowest BCUT2D eigenvalue weighted by Crippen LogP contribution is -2.43. The van der Waals surface area contributed by atoms with Crippen molar-refractivity contribution in [2.45, 2.75) is 51.7 Å². The van der Waals surface area contributed by atoms with Gasteiger partial charge in [0.1, 0.15) is 0 Å². The highest BCUT2D eigenvalue weighted by atomic mass is 32.2. The first-order valence-electron chi connectivity index (χ1n) is 8.32. The Balaban J connectivity index is 1.82. The van der Waals surface area contributed by atoms with E-state index in [2.05, 4.69) is 18.4 Å². The zero-order valence-electron chi connectivity index (χ0n) is 14.2. The van der Waals surface area contributed by atoms with E-state index in [9.17, 15) is 13.2 Å². The summed E-state index contributed by atoms with van der Waals surface area (Å²) in [4.78, 5) is 15.4. The molecule has 0 N–H and O–H groups in total. The van der Waals surface area contributed by atoms with Crippen LogP contribution >= 0.6 is 11.3 Å². The van der Waals surface area contributed by atoms with E-state index in [0.717, 1.165) is 6.42 Å². The fraction of sp³-hybridized carbons (Fsp3) is 0.706. The van der Waals surface area contributed by atoms with E-state index in [1.165, 1.54) is 10.4 Å². The highest BCUT2D eigenvalue weighted by Crippen LogP contribution is 2.22. The number of aryl methyl sites for hydroxylation is 2. The summed E-state index contributed by atoms with van der Waals surface area (Å²) in [6.45, 7) is 7.08. The first kappa shape index (κ1) is 18.5. The number of piperidine rings is 1. The zero-order chi connectivity index (χ0) is 17.0. The number of carbonyl (C=O) groups is 1. The lowest BCUT2D eigenvalue weighted by Gasteiger charge is -2.32. The molecule has 23 heavy (non-hydrogen) atoms. The fourth-order valence-electron chi connectivity index (χ4n) is 3.10. The minimum atomic E-state index is -3.02. The number of hydrogen-bond donors (Lipinski definition) is 0. The van der Waals surface area contributed by atoms with Crippen LogP contribution in [0.15, 0.2) is 11.4 Å². The molecule has 1 amide bonds. The minimum absolute atomic E-state index is 0.150. The SMILES string of the molecule is Cc1ccsc1CCC(=O)N1CCC(S(=O)(=O)CC(C)C)CC1. The summed E-state index contributed by atoms with van der Waals surface area (Å²) in [5, 5.41) is 1.79. The summed E-state index contributed by atoms with van der Waals surface area (Å²) in [6.07, 6.45) is 2.47. The van der Waals surface area contributed by atoms with Gasteiger partial charge in [0.05, 0.1) is 11.0 Å². The summed E-state index contributed by atoms with van der Waals surface area (Å²) in [5.41, 5.74) is 1.25. The second kappa shape index (κ2) is 7.79. The number of nitrogens with zero attached hydrogens (tertiary/aromatic N) is 1. The van der Waals surface area contributed by atoms with Gasteiger partial charge < -0.3 is 4.90 Å². The average Bonchev–Trinajstić information content (AvgIpc) is 2.89. The maximum Gasteiger partial charge on any atom is 0.222 e. The lowest BCUT2D eigenvalue weighted by atomic mass is 10.1. The molecule has 0 saturated carbocycles. The van der Waals surface area contributed by atoms with Crippen LogP contribution in [0.4, 0.5) is 0 Å². The van der Waals surface area contributed by atoms with Crippen molar-refractivity contribution < 1.29 is 13.2 Å². The quantitative estimate of drug-likeness (QED) is 0.786. The number of carbonyl (C=O) groups excluding carboxylic acids is 1. The lowest BCUT2D eigenvalue weighted by molar-refractivity contribution is -0.131. The van der Waals surface area contributed by atoms with Gasteiger partial charge in [0.2, 0.25) is 5.91 Å². The molecule has 0 spiro atoms. The predicted molar refractivity (Wildman–Crippen MR) is 95.6 cm³/mol. The molecule has 1 fully saturated rings. The van der Waals surface area contributed by atoms with Crippen molar-refractivity contribution in [1.29, 1.82) is 0 Å². The van der Waals surface area contributed by atoms with E-state index < -0.39 is 9.84 Å². The standard InChI is InChI=1S/C17H27NO3S2/c1-13(2)12-23(20,21)15-6-9-18(10-7-15)17(19)5-4-16-14(3)8-11-22-16/h8,11,13,15H,4-7,9-10,12H2,1-3H3. The molecule has 1 aliphatic rings. The third kappa shape index (κ3) is 5.05. The van der Waals surface area contributed by atoms with Crippen LogP contribution in [0, 0.1) is 12.8 Å². The van der Waals surface area contributed by atoms with Gasteiger partial charge in [0, 0.05) is 24.4 Å². The molecule has 0 radical (unpaired) electrons. The third-order valence-electron chi connectivity index (χ3n) is 4.40. The van der Waals surface area contributed by atoms with E-state index >= 15 is 0 Å². The summed E-state index contributed by atoms with van der Waals surface area (Å²) < 4.78 is 24.6. The average molecular weight is 358 g/mol. The van der Waals surface area contributed by atoms with Gasteiger partial charge in [0.25, 0.3) is 0 Å². The Kier molecular flexibility index (Phi) is 6.26. The van der Waals surface area contributed by atoms with Crippen LogP contribution in [0.1, 0.15) is 43.6 Å². The Labute approximate surface area is 143 Å². The molecule has 2 rings (SSSR count). The zero-order valence-corrected chi connectivity index (χ0v) is 15.9. The van der Waals surface area contributed by atoms with Crippen molar-refractivity contribution in [1.82, 2.24) is 4.90 Å². The number of likely N-dealkylation sites (tertiary alicyclic amines) is 1. The molecular formula is C17H27NO3S2. The first-order valence-corrected chi connectivity index (χ1v) is 10.9. The molecule has 1 aromatic heterocycles. The molecule has 0 aromatic carbocycles. The van der Waals surface area contributed by atoms with Gasteiger partial charge in [-0.1, -0.05) is 13.8 Å². The van der Waals surface area contributed by atoms with Crippen molar-refractivity contribution in [2.24, 2.45) is 5.92 Å². The molecule has 2 heterocycles. The molecule has 1 aromatic rings. The van der Waals surface area contributed by atoms with Gasteiger partial charge in [-0.25, -0.2) is 8.42 Å². The first-order chi connectivity index (χ1) is 10.8. The van der Waals surface area contributed by atoms with Crippen LogP contribution < -0.4 is 0 Å². The summed E-state index contributed by atoms with van der Waals surface area (Å²) in [7, 11) is -3.02. The monoisotopic (exact) mass is 357 g/mol. The maximum absolute atomic E-state index is 12.3. The van der Waals surface area contributed by atoms with Crippen LogP contribution in [0.3, 0.4) is 0 Å². The van der Waals surface area contributed by atoms with Gasteiger partial charge in [-0.15, -0.1) is 11.3 Å². The number of sulfone groups is 1. The molecular weight excluding hydrogens is 330 g/mol. The summed E-state index contributed by atoms with van der Waals surface area (Å²) in [5.74, 6) is 0.565. The number of amides is 1. The van der Waals surface area contributed by atoms with Crippen LogP contribution in [0.2, 0.25) is 0 Å². The molecule has 4 nitrogen and oxygen atoms in total. The van der Waals surface area contributed by atoms with E-state index in [0.29, 0.717) is 32.4 Å². The highest BCUT2D eigenvalue weighted by molar-refractivity contribution is 7.92. The summed E-state index contributed by atoms with van der Waals surface area (Å²) >= 11 is 1.70. The van der Waals surface area contributed by atoms with Gasteiger partial charge in [-0.3, -0.25) is 4.79 Å². The normalized spacial score (nSPS) is 17.0. The largest absolute Gasteiger partial charge is 0.343 e. The van der Waals surface area contributed by atoms with Crippen molar-refractivity contribution in [2.75, 3.05) is 18.8 Å². The van der Waals surface area contributed by atoms with E-state index in [4.69, 9.17) is 0 Å². The fourth-order valence-corrected chi connectivity index (χ4v) is 6.14. The molecule has 1 aliphatic heterocycles. The van der Waals surface area contributed by atoms with Crippen LogP contribution in [-0.2, 0) is 21.1 Å². The topological polar surface area (TPSA) is 54.5 Å². The second-order valence-corrected chi connectivity index (χ2v) is 10.2. The van der Waals surface area contributed by atoms with E-state index in [1.807, 2.05) is 18.7 Å². The van der Waals surface area contributed by atoms with Crippen molar-refractivity contribution in [3.63, 3.8) is 0 Å². The predicted octanol–water partition coefficient (Wildman–Crippen LogP) is 3.05. The van der Waals surface area contributed by atoms with E-state index in [1.54, 1.807) is 11.3 Å². The number of hydrogen-bond acceptors (Lipinski definition) is 4. The molecule has 1 saturated heterocycles. The van der Waals surface area contributed by atoms with Crippen molar-refractivity contribution >= 4 is 27.1 Å². The Morgan fingerprint density at radius 1 is 1.35 bits per heavy atom. The third-order valence-corrected chi connectivity index (χ3v) is 8.10. The molecule has 0 atom stereocenters. The van der Waals surface area contributed by atoms with Crippen molar-refractivity contribution in [3.8, 4) is 0 Å². The number of rotatable bonds is 6. The van der Waals surface area contributed by atoms with Gasteiger partial charge >= 0.3 is 0 Å². The summed E-state index contributed by atoms with van der Waals surface area (Å²) in [6, 6.07) is 2.08. The second-order valence-electron chi connectivity index (χ2n) is 6.83. The molecule has 0 unspecified atom stereocenters. The maximum atomic E-state index is 12.3. The number of thiophene rings is 1. The minimum Gasteiger partial charge on any atom is -0.343 e. The molecule has 0 bridgehead atoms. The molecule has 0 aliphatic carbocycles.